The minimum absolute atomic E-state index is 0. The van der Waals surface area contributed by atoms with Crippen LogP contribution in [0.1, 0.15) is 17.2 Å². The Morgan fingerprint density at radius 1 is 0.913 bits per heavy atom. The summed E-state index contributed by atoms with van der Waals surface area (Å²) in [5, 5.41) is 16.3. The van der Waals surface area contributed by atoms with Gasteiger partial charge in [-0.2, -0.15) is 0 Å². The number of aliphatic hydroxyl groups is 1. The average molecular weight is 355 g/mol. The van der Waals surface area contributed by atoms with Crippen molar-refractivity contribution in [3.8, 4) is 0 Å². The van der Waals surface area contributed by atoms with Gasteiger partial charge in [0.15, 0.2) is 0 Å². The second-order valence-electron chi connectivity index (χ2n) is 5.22. The molecule has 2 aromatic carbocycles. The topological polar surface area (TPSA) is 44.3 Å². The molecule has 0 saturated heterocycles. The van der Waals surface area contributed by atoms with Gasteiger partial charge in [0.1, 0.15) is 0 Å². The molecule has 0 heterocycles. The molecule has 5 heteroatoms. The molecule has 0 saturated carbocycles. The van der Waals surface area contributed by atoms with E-state index in [4.69, 9.17) is 16.7 Å². The number of benzene rings is 2. The largest absolute Gasteiger partial charge is 0.395 e. The zero-order valence-electron chi connectivity index (χ0n) is 13.0. The predicted molar refractivity (Wildman–Crippen MR) is 99.5 cm³/mol. The van der Waals surface area contributed by atoms with Crippen molar-refractivity contribution >= 4 is 24.0 Å². The molecule has 0 radical (unpaired) electrons. The summed E-state index contributed by atoms with van der Waals surface area (Å²) in [5.74, 6) is 0. The van der Waals surface area contributed by atoms with Crippen LogP contribution in [-0.2, 0) is 6.42 Å². The number of nitrogens with one attached hydrogen (secondary N) is 2. The van der Waals surface area contributed by atoms with Gasteiger partial charge in [-0.3, -0.25) is 0 Å². The van der Waals surface area contributed by atoms with Crippen molar-refractivity contribution in [1.82, 2.24) is 10.6 Å². The monoisotopic (exact) mass is 354 g/mol. The maximum Gasteiger partial charge on any atom is 0.0555 e. The molecule has 23 heavy (non-hydrogen) atoms. The van der Waals surface area contributed by atoms with Gasteiger partial charge in [-0.1, -0.05) is 54.1 Å². The Hall–Kier alpha value is -1.10. The number of halogens is 2. The van der Waals surface area contributed by atoms with Gasteiger partial charge in [0.2, 0.25) is 0 Å². The molecular formula is C18H24Cl2N2O. The third-order valence-corrected chi connectivity index (χ3v) is 3.79. The van der Waals surface area contributed by atoms with Crippen LogP contribution < -0.4 is 10.6 Å². The zero-order valence-corrected chi connectivity index (χ0v) is 14.6. The third-order valence-electron chi connectivity index (χ3n) is 3.54. The van der Waals surface area contributed by atoms with E-state index in [2.05, 4.69) is 47.0 Å². The smallest absolute Gasteiger partial charge is 0.0555 e. The fourth-order valence-corrected chi connectivity index (χ4v) is 2.51. The van der Waals surface area contributed by atoms with Gasteiger partial charge in [-0.15, -0.1) is 12.4 Å². The van der Waals surface area contributed by atoms with Gasteiger partial charge in [0.05, 0.1) is 6.61 Å². The molecule has 3 N–H and O–H groups in total. The Morgan fingerprint density at radius 3 is 2.26 bits per heavy atom. The first-order valence-corrected chi connectivity index (χ1v) is 8.02. The number of hydrogen-bond acceptors (Lipinski definition) is 3. The van der Waals surface area contributed by atoms with Gasteiger partial charge < -0.3 is 15.7 Å². The van der Waals surface area contributed by atoms with Crippen molar-refractivity contribution in [2.24, 2.45) is 0 Å². The lowest BCUT2D eigenvalue weighted by Crippen LogP contribution is -2.32. The maximum absolute atomic E-state index is 8.78. The highest BCUT2D eigenvalue weighted by molar-refractivity contribution is 6.30. The molecule has 3 nitrogen and oxygen atoms in total. The Labute approximate surface area is 149 Å². The first kappa shape index (κ1) is 19.9. The SMILES string of the molecule is Cl.OCCNCCNC(Cc1ccc(Cl)cc1)c1ccccc1. The molecule has 0 aliphatic rings. The summed E-state index contributed by atoms with van der Waals surface area (Å²) in [4.78, 5) is 0. The van der Waals surface area contributed by atoms with Crippen LogP contribution in [0, 0.1) is 0 Å². The quantitative estimate of drug-likeness (QED) is 0.605. The molecule has 0 aliphatic carbocycles. The van der Waals surface area contributed by atoms with E-state index in [9.17, 15) is 0 Å². The van der Waals surface area contributed by atoms with Gasteiger partial charge in [0.25, 0.3) is 0 Å². The lowest BCUT2D eigenvalue weighted by molar-refractivity contribution is 0.292. The summed E-state index contributed by atoms with van der Waals surface area (Å²) >= 11 is 5.95. The highest BCUT2D eigenvalue weighted by Gasteiger charge is 2.11. The van der Waals surface area contributed by atoms with E-state index < -0.39 is 0 Å². The molecule has 1 unspecified atom stereocenters. The molecule has 0 amide bonds. The second kappa shape index (κ2) is 11.4. The molecule has 0 bridgehead atoms. The van der Waals surface area contributed by atoms with Crippen molar-refractivity contribution in [3.05, 3.63) is 70.7 Å². The van der Waals surface area contributed by atoms with Crippen LogP contribution in [0.25, 0.3) is 0 Å². The Bertz CT molecular complexity index is 534. The first-order chi connectivity index (χ1) is 10.8. The van der Waals surface area contributed by atoms with Gasteiger partial charge in [0, 0.05) is 30.7 Å². The van der Waals surface area contributed by atoms with Crippen molar-refractivity contribution in [2.45, 2.75) is 12.5 Å². The molecule has 0 fully saturated rings. The van der Waals surface area contributed by atoms with Crippen molar-refractivity contribution in [2.75, 3.05) is 26.2 Å². The summed E-state index contributed by atoms with van der Waals surface area (Å²) in [6, 6.07) is 18.7. The fraction of sp³-hybridized carbons (Fsp3) is 0.333. The summed E-state index contributed by atoms with van der Waals surface area (Å²) in [6.45, 7) is 2.50. The van der Waals surface area contributed by atoms with Crippen LogP contribution in [0.2, 0.25) is 5.02 Å². The third kappa shape index (κ3) is 7.34. The minimum atomic E-state index is 0. The van der Waals surface area contributed by atoms with Crippen LogP contribution in [0.3, 0.4) is 0 Å². The Morgan fingerprint density at radius 2 is 1.61 bits per heavy atom. The summed E-state index contributed by atoms with van der Waals surface area (Å²) in [5.41, 5.74) is 2.54. The molecule has 1 atom stereocenters. The van der Waals surface area contributed by atoms with E-state index in [-0.39, 0.29) is 25.1 Å². The van der Waals surface area contributed by atoms with E-state index >= 15 is 0 Å². The molecule has 0 spiro atoms. The molecule has 2 aromatic rings. The number of aliphatic hydroxyl groups excluding tert-OH is 1. The van der Waals surface area contributed by atoms with Crippen LogP contribution in [0.15, 0.2) is 54.6 Å². The van der Waals surface area contributed by atoms with E-state index in [1.807, 2.05) is 18.2 Å². The fourth-order valence-electron chi connectivity index (χ4n) is 2.39. The number of hydrogen-bond donors (Lipinski definition) is 3. The average Bonchev–Trinajstić information content (AvgIpc) is 2.56. The summed E-state index contributed by atoms with van der Waals surface area (Å²) < 4.78 is 0. The lowest BCUT2D eigenvalue weighted by Gasteiger charge is -2.20. The highest BCUT2D eigenvalue weighted by Crippen LogP contribution is 2.19. The van der Waals surface area contributed by atoms with Crippen LogP contribution in [0.4, 0.5) is 0 Å². The van der Waals surface area contributed by atoms with E-state index in [1.54, 1.807) is 0 Å². The molecule has 126 valence electrons. The highest BCUT2D eigenvalue weighted by atomic mass is 35.5. The normalized spacial score (nSPS) is 11.7. The van der Waals surface area contributed by atoms with Gasteiger partial charge in [-0.05, 0) is 29.7 Å². The van der Waals surface area contributed by atoms with Crippen LogP contribution in [-0.4, -0.2) is 31.3 Å². The van der Waals surface area contributed by atoms with E-state index in [0.717, 1.165) is 24.5 Å². The first-order valence-electron chi connectivity index (χ1n) is 7.64. The van der Waals surface area contributed by atoms with Crippen LogP contribution >= 0.6 is 24.0 Å². The molecular weight excluding hydrogens is 331 g/mol. The van der Waals surface area contributed by atoms with Crippen molar-refractivity contribution in [3.63, 3.8) is 0 Å². The molecule has 0 aromatic heterocycles. The van der Waals surface area contributed by atoms with Crippen molar-refractivity contribution < 1.29 is 5.11 Å². The number of rotatable bonds is 9. The summed E-state index contributed by atoms with van der Waals surface area (Å²) in [7, 11) is 0. The Kier molecular flexibility index (Phi) is 9.92. The van der Waals surface area contributed by atoms with E-state index in [0.29, 0.717) is 6.54 Å². The molecule has 2 rings (SSSR count). The standard InChI is InChI=1S/C18H23ClN2O.ClH/c19-17-8-6-15(7-9-17)14-18(16-4-2-1-3-5-16)21-11-10-20-12-13-22;/h1-9,18,20-22H,10-14H2;1H. The van der Waals surface area contributed by atoms with E-state index in [1.165, 1.54) is 11.1 Å². The maximum atomic E-state index is 8.78. The Balaban J connectivity index is 0.00000264. The van der Waals surface area contributed by atoms with Crippen molar-refractivity contribution in [1.29, 1.82) is 0 Å². The van der Waals surface area contributed by atoms with Crippen LogP contribution in [0.5, 0.6) is 0 Å². The minimum Gasteiger partial charge on any atom is -0.395 e. The zero-order chi connectivity index (χ0) is 15.6. The van der Waals surface area contributed by atoms with Gasteiger partial charge in [-0.25, -0.2) is 0 Å². The van der Waals surface area contributed by atoms with Gasteiger partial charge >= 0.3 is 0 Å². The predicted octanol–water partition coefficient (Wildman–Crippen LogP) is 3.22. The second-order valence-corrected chi connectivity index (χ2v) is 5.66. The molecule has 0 aliphatic heterocycles. The lowest BCUT2D eigenvalue weighted by atomic mass is 9.99. The summed E-state index contributed by atoms with van der Waals surface area (Å²) in [6.07, 6.45) is 0.918.